The van der Waals surface area contributed by atoms with Crippen LogP contribution in [0.5, 0.6) is 5.88 Å². The number of methoxy groups -OCH3 is 1. The molecule has 1 fully saturated rings. The van der Waals surface area contributed by atoms with Crippen LogP contribution < -0.4 is 15.4 Å². The zero-order valence-electron chi connectivity index (χ0n) is 25.8. The van der Waals surface area contributed by atoms with Gasteiger partial charge in [-0.25, -0.2) is 15.0 Å². The van der Waals surface area contributed by atoms with E-state index >= 15 is 0 Å². The Hall–Kier alpha value is -3.52. The molecular formula is C32H42N6O3Si. The van der Waals surface area contributed by atoms with E-state index in [0.29, 0.717) is 42.1 Å². The molecule has 1 saturated heterocycles. The Kier molecular flexibility index (Phi) is 8.29. The van der Waals surface area contributed by atoms with E-state index in [1.54, 1.807) is 13.3 Å². The second kappa shape index (κ2) is 11.6. The fraction of sp³-hybridized carbons (Fsp3) is 0.500. The summed E-state index contributed by atoms with van der Waals surface area (Å²) < 4.78 is 17.8. The minimum Gasteiger partial charge on any atom is -0.480 e. The van der Waals surface area contributed by atoms with Crippen molar-refractivity contribution >= 4 is 25.6 Å². The van der Waals surface area contributed by atoms with Crippen molar-refractivity contribution < 1.29 is 13.9 Å². The van der Waals surface area contributed by atoms with Crippen LogP contribution in [0.2, 0.25) is 18.1 Å². The largest absolute Gasteiger partial charge is 0.480 e. The number of nitriles is 1. The Morgan fingerprint density at radius 1 is 1.17 bits per heavy atom. The molecule has 0 unspecified atom stereocenters. The molecule has 42 heavy (non-hydrogen) atoms. The molecule has 0 radical (unpaired) electrons. The van der Waals surface area contributed by atoms with Gasteiger partial charge in [-0.2, -0.15) is 5.26 Å². The molecule has 1 atom stereocenters. The van der Waals surface area contributed by atoms with E-state index in [1.807, 2.05) is 24.3 Å². The molecule has 0 amide bonds. The van der Waals surface area contributed by atoms with Crippen molar-refractivity contribution in [3.05, 3.63) is 53.3 Å². The Balaban J connectivity index is 1.42. The van der Waals surface area contributed by atoms with Crippen LogP contribution in [-0.2, 0) is 14.6 Å². The number of aromatic nitrogens is 3. The lowest BCUT2D eigenvalue weighted by molar-refractivity contribution is 0.0844. The summed E-state index contributed by atoms with van der Waals surface area (Å²) in [6.07, 6.45) is 3.63. The molecule has 0 bridgehead atoms. The number of rotatable bonds is 8. The topological polar surface area (TPSA) is 114 Å². The summed E-state index contributed by atoms with van der Waals surface area (Å²) in [6.45, 7) is 16.3. The highest BCUT2D eigenvalue weighted by Gasteiger charge is 2.42. The second-order valence-corrected chi connectivity index (χ2v) is 17.9. The first-order valence-electron chi connectivity index (χ1n) is 14.6. The highest BCUT2D eigenvalue weighted by Crippen LogP contribution is 2.44. The molecule has 3 aromatic rings. The first-order valence-corrected chi connectivity index (χ1v) is 17.5. The number of fused-ring (bicyclic) bond motifs is 1. The van der Waals surface area contributed by atoms with Crippen LogP contribution in [0.25, 0.3) is 11.3 Å². The summed E-state index contributed by atoms with van der Waals surface area (Å²) in [7, 11) is -0.332. The SMILES string of the molecule is COc1nc(C2CCOCC2)ccc1Nc1nccc(-c2cc(C#N)c3c(c2)[C@@](C)(CO[Si](C)(C)C(C)(C)C)CN3)n1. The van der Waals surface area contributed by atoms with Gasteiger partial charge < -0.3 is 24.5 Å². The number of benzene rings is 1. The van der Waals surface area contributed by atoms with Gasteiger partial charge in [0.2, 0.25) is 11.8 Å². The summed E-state index contributed by atoms with van der Waals surface area (Å²) in [4.78, 5) is 14.0. The molecule has 0 saturated carbocycles. The van der Waals surface area contributed by atoms with Crippen LogP contribution in [-0.4, -0.2) is 56.7 Å². The lowest BCUT2D eigenvalue weighted by atomic mass is 9.83. The quantitative estimate of drug-likeness (QED) is 0.276. The van der Waals surface area contributed by atoms with Gasteiger partial charge in [0, 0.05) is 55.2 Å². The molecule has 2 aromatic heterocycles. The van der Waals surface area contributed by atoms with Crippen molar-refractivity contribution in [3.63, 3.8) is 0 Å². The number of hydrogen-bond acceptors (Lipinski definition) is 9. The van der Waals surface area contributed by atoms with Crippen molar-refractivity contribution in [1.29, 1.82) is 5.26 Å². The maximum atomic E-state index is 10.0. The summed E-state index contributed by atoms with van der Waals surface area (Å²) in [5.74, 6) is 1.29. The van der Waals surface area contributed by atoms with E-state index in [1.165, 1.54) is 0 Å². The minimum atomic E-state index is -1.95. The molecule has 0 spiro atoms. The maximum Gasteiger partial charge on any atom is 0.237 e. The smallest absolute Gasteiger partial charge is 0.237 e. The van der Waals surface area contributed by atoms with E-state index in [9.17, 15) is 5.26 Å². The van der Waals surface area contributed by atoms with E-state index in [2.05, 4.69) is 68.5 Å². The van der Waals surface area contributed by atoms with Crippen LogP contribution in [0.15, 0.2) is 36.5 Å². The molecule has 10 heteroatoms. The van der Waals surface area contributed by atoms with Gasteiger partial charge in [0.05, 0.1) is 24.1 Å². The van der Waals surface area contributed by atoms with Gasteiger partial charge in [-0.15, -0.1) is 0 Å². The van der Waals surface area contributed by atoms with Crippen LogP contribution >= 0.6 is 0 Å². The molecular weight excluding hydrogens is 544 g/mol. The first kappa shape index (κ1) is 30.0. The van der Waals surface area contributed by atoms with Crippen LogP contribution in [0, 0.1) is 11.3 Å². The number of ether oxygens (including phenoxy) is 2. The second-order valence-electron chi connectivity index (χ2n) is 13.1. The molecule has 0 aliphatic carbocycles. The van der Waals surface area contributed by atoms with Crippen molar-refractivity contribution in [2.45, 2.75) is 70.0 Å². The molecule has 5 rings (SSSR count). The number of nitrogens with zero attached hydrogens (tertiary/aromatic N) is 4. The van der Waals surface area contributed by atoms with Crippen molar-refractivity contribution in [3.8, 4) is 23.2 Å². The lowest BCUT2D eigenvalue weighted by Gasteiger charge is -2.39. The zero-order chi connectivity index (χ0) is 30.1. The molecule has 2 N–H and O–H groups in total. The average Bonchev–Trinajstić information content (AvgIpc) is 3.32. The minimum absolute atomic E-state index is 0.117. The fourth-order valence-electron chi connectivity index (χ4n) is 5.23. The Morgan fingerprint density at radius 2 is 1.93 bits per heavy atom. The highest BCUT2D eigenvalue weighted by atomic mass is 28.4. The standard InChI is InChI=1S/C32H42N6O3Si/c1-31(2,3)42(6,7)41-20-32(4)19-35-28-23(18-33)16-22(17-24(28)32)26-10-13-34-30(37-26)38-27-9-8-25(36-29(27)39-5)21-11-14-40-15-12-21/h8-10,13,16-17,21,35H,11-12,14-15,19-20H2,1-7H3,(H,34,37,38)/t32-/m1/s1. The monoisotopic (exact) mass is 586 g/mol. The summed E-state index contributed by atoms with van der Waals surface area (Å²) in [5.41, 5.74) is 5.57. The van der Waals surface area contributed by atoms with Gasteiger partial charge >= 0.3 is 0 Å². The number of pyridine rings is 1. The fourth-order valence-corrected chi connectivity index (χ4v) is 6.35. The highest BCUT2D eigenvalue weighted by molar-refractivity contribution is 6.74. The van der Waals surface area contributed by atoms with Crippen molar-refractivity contribution in [2.75, 3.05) is 44.1 Å². The molecule has 222 valence electrons. The third-order valence-electron chi connectivity index (χ3n) is 9.03. The molecule has 4 heterocycles. The van der Waals surface area contributed by atoms with E-state index in [-0.39, 0.29) is 10.5 Å². The van der Waals surface area contributed by atoms with Gasteiger partial charge in [0.1, 0.15) is 11.8 Å². The third kappa shape index (κ3) is 6.00. The van der Waals surface area contributed by atoms with Crippen LogP contribution in [0.1, 0.15) is 63.3 Å². The predicted molar refractivity (Wildman–Crippen MR) is 168 cm³/mol. The normalized spacial score (nSPS) is 19.1. The maximum absolute atomic E-state index is 10.0. The van der Waals surface area contributed by atoms with Crippen LogP contribution in [0.4, 0.5) is 17.3 Å². The third-order valence-corrected chi connectivity index (χ3v) is 13.5. The zero-order valence-corrected chi connectivity index (χ0v) is 26.8. The van der Waals surface area contributed by atoms with E-state index < -0.39 is 8.32 Å². The van der Waals surface area contributed by atoms with Gasteiger partial charge in [0.25, 0.3) is 0 Å². The van der Waals surface area contributed by atoms with Gasteiger partial charge in [-0.05, 0) is 66.9 Å². The average molecular weight is 587 g/mol. The van der Waals surface area contributed by atoms with Crippen molar-refractivity contribution in [2.24, 2.45) is 0 Å². The molecule has 2 aliphatic rings. The van der Waals surface area contributed by atoms with Gasteiger partial charge in [-0.3, -0.25) is 0 Å². The summed E-state index contributed by atoms with van der Waals surface area (Å²) >= 11 is 0. The number of hydrogen-bond donors (Lipinski definition) is 2. The lowest BCUT2D eigenvalue weighted by Crippen LogP contribution is -2.45. The van der Waals surface area contributed by atoms with Gasteiger partial charge in [0.15, 0.2) is 8.32 Å². The van der Waals surface area contributed by atoms with E-state index in [4.69, 9.17) is 23.9 Å². The van der Waals surface area contributed by atoms with Crippen molar-refractivity contribution in [1.82, 2.24) is 15.0 Å². The Labute approximate surface area is 250 Å². The number of nitrogens with one attached hydrogen (secondary N) is 2. The number of anilines is 3. The molecule has 1 aromatic carbocycles. The van der Waals surface area contributed by atoms with Crippen LogP contribution in [0.3, 0.4) is 0 Å². The summed E-state index contributed by atoms with van der Waals surface area (Å²) in [6, 6.07) is 12.3. The van der Waals surface area contributed by atoms with Gasteiger partial charge in [-0.1, -0.05) is 27.7 Å². The Bertz CT molecular complexity index is 1490. The summed E-state index contributed by atoms with van der Waals surface area (Å²) in [5, 5.41) is 16.9. The first-order chi connectivity index (χ1) is 19.9. The Morgan fingerprint density at radius 3 is 2.62 bits per heavy atom. The molecule has 9 nitrogen and oxygen atoms in total. The molecule has 2 aliphatic heterocycles. The van der Waals surface area contributed by atoms with E-state index in [0.717, 1.165) is 54.3 Å². The predicted octanol–water partition coefficient (Wildman–Crippen LogP) is 6.76.